The fourth-order valence-corrected chi connectivity index (χ4v) is 3.31. The molecule has 0 saturated carbocycles. The second-order valence-corrected chi connectivity index (χ2v) is 6.88. The summed E-state index contributed by atoms with van der Waals surface area (Å²) in [4.78, 5) is 6.70. The number of hydrogen-bond acceptors (Lipinski definition) is 5. The van der Waals surface area contributed by atoms with E-state index in [-0.39, 0.29) is 29.7 Å². The lowest BCUT2D eigenvalue weighted by Gasteiger charge is -2.33. The number of nitrogens with zero attached hydrogens (tertiary/aromatic N) is 2. The molecule has 30 heavy (non-hydrogen) atoms. The van der Waals surface area contributed by atoms with Gasteiger partial charge in [-0.2, -0.15) is 8.78 Å². The van der Waals surface area contributed by atoms with Crippen molar-refractivity contribution in [2.24, 2.45) is 4.99 Å². The molecule has 1 fully saturated rings. The van der Waals surface area contributed by atoms with Crippen molar-refractivity contribution in [2.45, 2.75) is 38.5 Å². The first-order valence-electron chi connectivity index (χ1n) is 9.86. The Morgan fingerprint density at radius 3 is 2.60 bits per heavy atom. The van der Waals surface area contributed by atoms with Crippen molar-refractivity contribution in [2.75, 3.05) is 47.5 Å². The lowest BCUT2D eigenvalue weighted by molar-refractivity contribution is -0.0505. The van der Waals surface area contributed by atoms with E-state index in [1.54, 1.807) is 26.3 Å². The van der Waals surface area contributed by atoms with E-state index in [0.29, 0.717) is 29.9 Å². The summed E-state index contributed by atoms with van der Waals surface area (Å²) in [7, 11) is 4.90. The number of piperidine rings is 1. The zero-order valence-corrected chi connectivity index (χ0v) is 20.2. The zero-order valence-electron chi connectivity index (χ0n) is 17.8. The highest BCUT2D eigenvalue weighted by molar-refractivity contribution is 14.0. The number of hydrogen-bond donors (Lipinski definition) is 2. The Labute approximate surface area is 194 Å². The average molecular weight is 542 g/mol. The van der Waals surface area contributed by atoms with Gasteiger partial charge in [-0.3, -0.25) is 4.99 Å². The number of halogens is 3. The van der Waals surface area contributed by atoms with Crippen LogP contribution in [0.4, 0.5) is 8.78 Å². The number of ether oxygens (including phenoxy) is 3. The maximum atomic E-state index is 12.7. The maximum Gasteiger partial charge on any atom is 0.387 e. The largest absolute Gasteiger partial charge is 0.497 e. The minimum Gasteiger partial charge on any atom is -0.497 e. The van der Waals surface area contributed by atoms with Crippen molar-refractivity contribution in [1.82, 2.24) is 15.5 Å². The van der Waals surface area contributed by atoms with E-state index in [1.807, 2.05) is 0 Å². The smallest absolute Gasteiger partial charge is 0.387 e. The van der Waals surface area contributed by atoms with Gasteiger partial charge in [-0.05, 0) is 31.4 Å². The first-order valence-corrected chi connectivity index (χ1v) is 9.86. The molecule has 0 atom stereocenters. The minimum atomic E-state index is -2.90. The fourth-order valence-electron chi connectivity index (χ4n) is 3.31. The SMILES string of the molecule is CN=C(NCc1ccc(OC)cc1OC(F)F)NC1CCN(CCCOC)CC1.I. The van der Waals surface area contributed by atoms with Crippen LogP contribution in [0.2, 0.25) is 0 Å². The van der Waals surface area contributed by atoms with Gasteiger partial charge in [0.15, 0.2) is 5.96 Å². The van der Waals surface area contributed by atoms with Crippen molar-refractivity contribution in [3.63, 3.8) is 0 Å². The third kappa shape index (κ3) is 9.17. The van der Waals surface area contributed by atoms with Crippen molar-refractivity contribution in [1.29, 1.82) is 0 Å². The summed E-state index contributed by atoms with van der Waals surface area (Å²) in [5.74, 6) is 1.19. The highest BCUT2D eigenvalue weighted by Gasteiger charge is 2.20. The molecule has 0 radical (unpaired) electrons. The molecule has 1 aromatic carbocycles. The van der Waals surface area contributed by atoms with E-state index in [2.05, 4.69) is 25.3 Å². The average Bonchev–Trinajstić information content (AvgIpc) is 2.72. The number of rotatable bonds is 10. The predicted octanol–water partition coefficient (Wildman–Crippen LogP) is 3.08. The molecule has 10 heteroatoms. The van der Waals surface area contributed by atoms with Gasteiger partial charge in [-0.15, -0.1) is 24.0 Å². The molecule has 0 bridgehead atoms. The van der Waals surface area contributed by atoms with Crippen molar-refractivity contribution in [3.05, 3.63) is 23.8 Å². The van der Waals surface area contributed by atoms with Crippen molar-refractivity contribution >= 4 is 29.9 Å². The molecule has 0 aromatic heterocycles. The third-order valence-corrected chi connectivity index (χ3v) is 4.91. The Balaban J connectivity index is 0.00000450. The topological polar surface area (TPSA) is 67.4 Å². The van der Waals surface area contributed by atoms with Crippen LogP contribution in [0.1, 0.15) is 24.8 Å². The number of alkyl halides is 2. The Bertz CT molecular complexity index is 644. The Hall–Kier alpha value is -1.40. The Kier molecular flexibility index (Phi) is 12.9. The summed E-state index contributed by atoms with van der Waals surface area (Å²) in [5.41, 5.74) is 0.599. The van der Waals surface area contributed by atoms with Crippen LogP contribution in [0.3, 0.4) is 0 Å². The van der Waals surface area contributed by atoms with Gasteiger partial charge in [0.1, 0.15) is 11.5 Å². The number of likely N-dealkylation sites (tertiary alicyclic amines) is 1. The monoisotopic (exact) mass is 542 g/mol. The summed E-state index contributed by atoms with van der Waals surface area (Å²) in [5, 5.41) is 6.60. The number of aliphatic imine (C=N–C) groups is 1. The molecule has 2 N–H and O–H groups in total. The van der Waals surface area contributed by atoms with Crippen LogP contribution in [0.25, 0.3) is 0 Å². The zero-order chi connectivity index (χ0) is 21.1. The molecule has 172 valence electrons. The lowest BCUT2D eigenvalue weighted by Crippen LogP contribution is -2.48. The van der Waals surface area contributed by atoms with Gasteiger partial charge in [-0.1, -0.05) is 0 Å². The second kappa shape index (κ2) is 14.6. The quantitative estimate of drug-likeness (QED) is 0.205. The molecule has 1 aliphatic rings. The first kappa shape index (κ1) is 26.6. The highest BCUT2D eigenvalue weighted by atomic mass is 127. The number of nitrogens with one attached hydrogen (secondary N) is 2. The fraction of sp³-hybridized carbons (Fsp3) is 0.650. The van der Waals surface area contributed by atoms with E-state index >= 15 is 0 Å². The normalized spacial score (nSPS) is 15.6. The molecule has 1 saturated heterocycles. The van der Waals surface area contributed by atoms with Gasteiger partial charge in [0, 0.05) is 64.6 Å². The lowest BCUT2D eigenvalue weighted by atomic mass is 10.1. The summed E-state index contributed by atoms with van der Waals surface area (Å²) >= 11 is 0. The van der Waals surface area contributed by atoms with Gasteiger partial charge in [0.05, 0.1) is 7.11 Å². The summed E-state index contributed by atoms with van der Waals surface area (Å²) < 4.78 is 40.2. The molecule has 1 heterocycles. The van der Waals surface area contributed by atoms with Crippen LogP contribution < -0.4 is 20.1 Å². The maximum absolute atomic E-state index is 12.7. The van der Waals surface area contributed by atoms with Crippen LogP contribution in [0, 0.1) is 0 Å². The summed E-state index contributed by atoms with van der Waals surface area (Å²) in [6.07, 6.45) is 3.09. The van der Waals surface area contributed by atoms with Crippen LogP contribution in [0.5, 0.6) is 11.5 Å². The van der Waals surface area contributed by atoms with Crippen molar-refractivity contribution in [3.8, 4) is 11.5 Å². The molecule has 0 aliphatic carbocycles. The van der Waals surface area contributed by atoms with Gasteiger partial charge < -0.3 is 29.7 Å². The third-order valence-electron chi connectivity index (χ3n) is 4.91. The molecule has 1 aromatic rings. The highest BCUT2D eigenvalue weighted by Crippen LogP contribution is 2.26. The minimum absolute atomic E-state index is 0. The summed E-state index contributed by atoms with van der Waals surface area (Å²) in [6.45, 7) is 1.32. The van der Waals surface area contributed by atoms with Crippen LogP contribution in [0.15, 0.2) is 23.2 Å². The van der Waals surface area contributed by atoms with E-state index in [1.165, 1.54) is 13.2 Å². The van der Waals surface area contributed by atoms with Gasteiger partial charge in [0.25, 0.3) is 0 Å². The number of benzene rings is 1. The number of methoxy groups -OCH3 is 2. The number of guanidine groups is 1. The van der Waals surface area contributed by atoms with E-state index in [4.69, 9.17) is 9.47 Å². The van der Waals surface area contributed by atoms with Gasteiger partial charge >= 0.3 is 6.61 Å². The molecular formula is C20H33F2IN4O3. The molecule has 0 spiro atoms. The van der Waals surface area contributed by atoms with E-state index < -0.39 is 6.61 Å². The molecule has 0 amide bonds. The molecule has 2 rings (SSSR count). The Morgan fingerprint density at radius 1 is 1.27 bits per heavy atom. The second-order valence-electron chi connectivity index (χ2n) is 6.88. The predicted molar refractivity (Wildman–Crippen MR) is 124 cm³/mol. The van der Waals surface area contributed by atoms with Crippen LogP contribution in [-0.2, 0) is 11.3 Å². The molecular weight excluding hydrogens is 509 g/mol. The first-order chi connectivity index (χ1) is 14.0. The van der Waals surface area contributed by atoms with Gasteiger partial charge in [0.2, 0.25) is 0 Å². The van der Waals surface area contributed by atoms with Gasteiger partial charge in [-0.25, -0.2) is 0 Å². The van der Waals surface area contributed by atoms with Crippen LogP contribution >= 0.6 is 24.0 Å². The molecule has 1 aliphatic heterocycles. The Morgan fingerprint density at radius 2 is 2.00 bits per heavy atom. The summed E-state index contributed by atoms with van der Waals surface area (Å²) in [6, 6.07) is 5.20. The molecule has 7 nitrogen and oxygen atoms in total. The molecule has 0 unspecified atom stereocenters. The van der Waals surface area contributed by atoms with Crippen LogP contribution in [-0.4, -0.2) is 71.0 Å². The van der Waals surface area contributed by atoms with E-state index in [0.717, 1.165) is 45.5 Å². The standard InChI is InChI=1S/C20H32F2N4O3.HI/c1-23-20(25-16-7-10-26(11-8-16)9-4-12-27-2)24-14-15-5-6-17(28-3)13-18(15)29-19(21)22;/h5-6,13,16,19H,4,7-12,14H2,1-3H3,(H2,23,24,25);1H. The van der Waals surface area contributed by atoms with E-state index in [9.17, 15) is 8.78 Å². The van der Waals surface area contributed by atoms with Crippen molar-refractivity contribution < 1.29 is 23.0 Å².